The van der Waals surface area contributed by atoms with E-state index >= 15 is 0 Å². The van der Waals surface area contributed by atoms with Crippen molar-refractivity contribution in [2.75, 3.05) is 5.32 Å². The summed E-state index contributed by atoms with van der Waals surface area (Å²) in [5.41, 5.74) is 6.90. The number of hydrogen-bond acceptors (Lipinski definition) is 3. The van der Waals surface area contributed by atoms with Gasteiger partial charge in [-0.2, -0.15) is 5.10 Å². The minimum atomic E-state index is -0.500. The molecule has 0 spiro atoms. The molecule has 0 aromatic carbocycles. The largest absolute Gasteiger partial charge is 0.322 e. The zero-order valence-electron chi connectivity index (χ0n) is 8.03. The quantitative estimate of drug-likeness (QED) is 0.677. The van der Waals surface area contributed by atoms with Gasteiger partial charge in [0.2, 0.25) is 5.91 Å². The lowest BCUT2D eigenvalue weighted by molar-refractivity contribution is -0.117. The van der Waals surface area contributed by atoms with Gasteiger partial charge in [-0.15, -0.1) is 0 Å². The van der Waals surface area contributed by atoms with Gasteiger partial charge in [0.1, 0.15) is 0 Å². The van der Waals surface area contributed by atoms with Crippen LogP contribution in [-0.2, 0) is 11.8 Å². The van der Waals surface area contributed by atoms with E-state index in [1.807, 2.05) is 6.92 Å². The van der Waals surface area contributed by atoms with Crippen LogP contribution in [0.5, 0.6) is 0 Å². The number of hydrogen-bond donors (Lipinski definition) is 2. The Labute approximate surface area is 76.9 Å². The van der Waals surface area contributed by atoms with E-state index < -0.39 is 6.04 Å². The minimum absolute atomic E-state index is 0.198. The Morgan fingerprint density at radius 2 is 2.38 bits per heavy atom. The van der Waals surface area contributed by atoms with Crippen LogP contribution >= 0.6 is 0 Å². The van der Waals surface area contributed by atoms with Crippen LogP contribution in [0.25, 0.3) is 0 Å². The van der Waals surface area contributed by atoms with Gasteiger partial charge in [-0.1, -0.05) is 0 Å². The van der Waals surface area contributed by atoms with Gasteiger partial charge in [0.25, 0.3) is 0 Å². The van der Waals surface area contributed by atoms with E-state index in [0.29, 0.717) is 5.69 Å². The molecular weight excluding hydrogens is 168 g/mol. The fourth-order valence-corrected chi connectivity index (χ4v) is 0.969. The molecule has 1 aromatic rings. The first-order chi connectivity index (χ1) is 6.00. The van der Waals surface area contributed by atoms with E-state index in [0.717, 1.165) is 5.69 Å². The third kappa shape index (κ3) is 2.29. The maximum atomic E-state index is 11.2. The summed E-state index contributed by atoms with van der Waals surface area (Å²) in [4.78, 5) is 11.2. The lowest BCUT2D eigenvalue weighted by Gasteiger charge is -2.05. The summed E-state index contributed by atoms with van der Waals surface area (Å²) in [5.74, 6) is -0.198. The topological polar surface area (TPSA) is 72.9 Å². The predicted octanol–water partition coefficient (Wildman–Crippen LogP) is 0.0142. The molecule has 5 heteroatoms. The summed E-state index contributed by atoms with van der Waals surface area (Å²) < 4.78 is 1.64. The summed E-state index contributed by atoms with van der Waals surface area (Å²) in [6.07, 6.45) is 1.75. The highest BCUT2D eigenvalue weighted by atomic mass is 16.2. The molecule has 5 nitrogen and oxygen atoms in total. The second kappa shape index (κ2) is 3.57. The number of carbonyl (C=O) groups is 1. The van der Waals surface area contributed by atoms with Crippen LogP contribution in [0.3, 0.4) is 0 Å². The molecule has 13 heavy (non-hydrogen) atoms. The molecule has 1 amide bonds. The number of nitrogens with one attached hydrogen (secondary N) is 1. The predicted molar refractivity (Wildman–Crippen MR) is 50.2 cm³/mol. The zero-order valence-corrected chi connectivity index (χ0v) is 8.03. The van der Waals surface area contributed by atoms with Gasteiger partial charge in [-0.25, -0.2) is 0 Å². The van der Waals surface area contributed by atoms with Crippen LogP contribution < -0.4 is 11.1 Å². The number of amides is 1. The number of carbonyl (C=O) groups excluding carboxylic acids is 1. The summed E-state index contributed by atoms with van der Waals surface area (Å²) in [6.45, 7) is 3.47. The van der Waals surface area contributed by atoms with Crippen LogP contribution in [0, 0.1) is 6.92 Å². The Bertz CT molecular complexity index is 316. The van der Waals surface area contributed by atoms with E-state index in [4.69, 9.17) is 5.73 Å². The second-order valence-corrected chi connectivity index (χ2v) is 3.08. The number of nitrogens with zero attached hydrogens (tertiary/aromatic N) is 2. The molecule has 0 fully saturated rings. The van der Waals surface area contributed by atoms with Crippen molar-refractivity contribution in [3.63, 3.8) is 0 Å². The van der Waals surface area contributed by atoms with E-state index in [1.165, 1.54) is 0 Å². The number of anilines is 1. The number of nitrogens with two attached hydrogens (primary N) is 1. The van der Waals surface area contributed by atoms with Gasteiger partial charge in [-0.3, -0.25) is 9.48 Å². The first kappa shape index (κ1) is 9.73. The van der Waals surface area contributed by atoms with Crippen molar-refractivity contribution in [2.24, 2.45) is 12.8 Å². The molecule has 1 atom stereocenters. The Balaban J connectivity index is 2.74. The summed E-state index contributed by atoms with van der Waals surface area (Å²) >= 11 is 0. The highest BCUT2D eigenvalue weighted by molar-refractivity contribution is 5.94. The van der Waals surface area contributed by atoms with Gasteiger partial charge < -0.3 is 11.1 Å². The summed E-state index contributed by atoms with van der Waals surface area (Å²) in [7, 11) is 1.80. The molecule has 3 N–H and O–H groups in total. The lowest BCUT2D eigenvalue weighted by atomic mass is 10.3. The molecular formula is C8H14N4O. The normalized spacial score (nSPS) is 12.6. The highest BCUT2D eigenvalue weighted by Crippen LogP contribution is 2.10. The summed E-state index contributed by atoms with van der Waals surface area (Å²) in [5, 5.41) is 6.77. The third-order valence-electron chi connectivity index (χ3n) is 1.68. The Morgan fingerprint density at radius 1 is 1.77 bits per heavy atom. The van der Waals surface area contributed by atoms with Crippen molar-refractivity contribution >= 4 is 11.6 Å². The average Bonchev–Trinajstić information content (AvgIpc) is 2.30. The Hall–Kier alpha value is -1.36. The van der Waals surface area contributed by atoms with Gasteiger partial charge in [0, 0.05) is 13.2 Å². The first-order valence-electron chi connectivity index (χ1n) is 4.07. The molecule has 1 heterocycles. The molecule has 0 unspecified atom stereocenters. The third-order valence-corrected chi connectivity index (χ3v) is 1.68. The van der Waals surface area contributed by atoms with E-state index in [9.17, 15) is 4.79 Å². The number of aromatic nitrogens is 2. The van der Waals surface area contributed by atoms with Gasteiger partial charge in [0.15, 0.2) is 0 Å². The standard InChI is InChI=1S/C8H14N4O/c1-5(9)8(13)10-7-4-12(3)11-6(7)2/h4-5H,9H2,1-3H3,(H,10,13)/t5-/m0/s1. The molecule has 0 aliphatic rings. The molecule has 0 saturated carbocycles. The molecule has 1 rings (SSSR count). The molecule has 0 saturated heterocycles. The molecule has 0 aliphatic heterocycles. The van der Waals surface area contributed by atoms with Crippen molar-refractivity contribution in [2.45, 2.75) is 19.9 Å². The molecule has 0 bridgehead atoms. The molecule has 0 aliphatic carbocycles. The lowest BCUT2D eigenvalue weighted by Crippen LogP contribution is -2.32. The van der Waals surface area contributed by atoms with E-state index in [2.05, 4.69) is 10.4 Å². The fourth-order valence-electron chi connectivity index (χ4n) is 0.969. The van der Waals surface area contributed by atoms with Crippen LogP contribution in [0.1, 0.15) is 12.6 Å². The van der Waals surface area contributed by atoms with Crippen molar-refractivity contribution < 1.29 is 4.79 Å². The minimum Gasteiger partial charge on any atom is -0.322 e. The number of rotatable bonds is 2. The van der Waals surface area contributed by atoms with E-state index in [-0.39, 0.29) is 5.91 Å². The number of aryl methyl sites for hydroxylation is 2. The maximum absolute atomic E-state index is 11.2. The van der Waals surface area contributed by atoms with Crippen molar-refractivity contribution in [1.82, 2.24) is 9.78 Å². The second-order valence-electron chi connectivity index (χ2n) is 3.08. The van der Waals surface area contributed by atoms with Crippen LogP contribution in [-0.4, -0.2) is 21.7 Å². The van der Waals surface area contributed by atoms with Crippen molar-refractivity contribution in [1.29, 1.82) is 0 Å². The van der Waals surface area contributed by atoms with Gasteiger partial charge >= 0.3 is 0 Å². The SMILES string of the molecule is Cc1nn(C)cc1NC(=O)[C@H](C)N. The maximum Gasteiger partial charge on any atom is 0.241 e. The highest BCUT2D eigenvalue weighted by Gasteiger charge is 2.10. The Kier molecular flexibility index (Phi) is 2.67. The van der Waals surface area contributed by atoms with Crippen LogP contribution in [0.15, 0.2) is 6.20 Å². The van der Waals surface area contributed by atoms with Gasteiger partial charge in [0.05, 0.1) is 17.4 Å². The average molecular weight is 182 g/mol. The van der Waals surface area contributed by atoms with Crippen molar-refractivity contribution in [3.05, 3.63) is 11.9 Å². The zero-order chi connectivity index (χ0) is 10.0. The van der Waals surface area contributed by atoms with E-state index in [1.54, 1.807) is 24.9 Å². The monoisotopic (exact) mass is 182 g/mol. The van der Waals surface area contributed by atoms with Crippen LogP contribution in [0.2, 0.25) is 0 Å². The van der Waals surface area contributed by atoms with Gasteiger partial charge in [-0.05, 0) is 13.8 Å². The molecule has 0 radical (unpaired) electrons. The summed E-state index contributed by atoms with van der Waals surface area (Å²) in [6, 6.07) is -0.500. The molecule has 1 aromatic heterocycles. The fraction of sp³-hybridized carbons (Fsp3) is 0.500. The Morgan fingerprint density at radius 3 is 2.77 bits per heavy atom. The smallest absolute Gasteiger partial charge is 0.241 e. The first-order valence-corrected chi connectivity index (χ1v) is 4.07. The van der Waals surface area contributed by atoms with Crippen molar-refractivity contribution in [3.8, 4) is 0 Å². The van der Waals surface area contributed by atoms with Crippen LogP contribution in [0.4, 0.5) is 5.69 Å². The molecule has 72 valence electrons.